The van der Waals surface area contributed by atoms with Crippen LogP contribution in [0.1, 0.15) is 110 Å². The van der Waals surface area contributed by atoms with Crippen LogP contribution in [0.2, 0.25) is 0 Å². The Balaban J connectivity index is 0.00000578. The minimum Gasteiger partial charge on any atom is -0.365 e. The van der Waals surface area contributed by atoms with Gasteiger partial charge >= 0.3 is 0 Å². The van der Waals surface area contributed by atoms with Gasteiger partial charge in [-0.05, 0) is 26.2 Å². The summed E-state index contributed by atoms with van der Waals surface area (Å²) in [5.74, 6) is 1.22. The van der Waals surface area contributed by atoms with E-state index in [4.69, 9.17) is 5.10 Å². The number of fused-ring (bicyclic) bond motifs is 1. The van der Waals surface area contributed by atoms with Crippen LogP contribution in [-0.4, -0.2) is 26.2 Å². The summed E-state index contributed by atoms with van der Waals surface area (Å²) in [7, 11) is 0. The maximum absolute atomic E-state index is 5.17. The molecule has 5 heteroatoms. The summed E-state index contributed by atoms with van der Waals surface area (Å²) in [6.07, 6.45) is 4.52. The zero-order chi connectivity index (χ0) is 25.8. The van der Waals surface area contributed by atoms with Crippen molar-refractivity contribution in [1.82, 2.24) is 14.6 Å². The van der Waals surface area contributed by atoms with Gasteiger partial charge in [-0.25, -0.2) is 0 Å². The summed E-state index contributed by atoms with van der Waals surface area (Å²) in [5, 5.41) is 5.17. The van der Waals surface area contributed by atoms with Gasteiger partial charge in [-0.15, -0.1) is 5.92 Å². The van der Waals surface area contributed by atoms with Gasteiger partial charge in [0.25, 0.3) is 0 Å². The van der Waals surface area contributed by atoms with E-state index in [-0.39, 0.29) is 65.9 Å². The molecule has 2 aromatic heterocycles. The number of imidazole rings is 1. The van der Waals surface area contributed by atoms with E-state index in [2.05, 4.69) is 126 Å². The number of aromatic nitrogens is 3. The van der Waals surface area contributed by atoms with Crippen LogP contribution in [0.15, 0.2) is 12.3 Å². The molecule has 0 bridgehead atoms. The van der Waals surface area contributed by atoms with Crippen LogP contribution in [0.5, 0.6) is 0 Å². The summed E-state index contributed by atoms with van der Waals surface area (Å²) >= 11 is 0. The van der Waals surface area contributed by atoms with Crippen molar-refractivity contribution in [2.24, 2.45) is 22.2 Å². The molecule has 0 spiro atoms. The molecule has 2 rings (SSSR count). The van der Waals surface area contributed by atoms with Crippen molar-refractivity contribution in [1.29, 1.82) is 0 Å². The number of nitrogens with zero attached hydrogens (tertiary/aromatic N) is 4. The molecule has 2 heterocycles. The second-order valence-corrected chi connectivity index (χ2v) is 15.1. The van der Waals surface area contributed by atoms with Crippen molar-refractivity contribution in [3.8, 4) is 0 Å². The van der Waals surface area contributed by atoms with Gasteiger partial charge in [0.15, 0.2) is 0 Å². The summed E-state index contributed by atoms with van der Waals surface area (Å²) < 4.78 is 2.02. The van der Waals surface area contributed by atoms with Gasteiger partial charge < -0.3 is 16.3 Å². The first-order valence-corrected chi connectivity index (χ1v) is 12.5. The summed E-state index contributed by atoms with van der Waals surface area (Å²) in [5.41, 5.74) is 1.97. The van der Waals surface area contributed by atoms with Crippen molar-refractivity contribution in [3.05, 3.63) is 30.4 Å². The van der Waals surface area contributed by atoms with Gasteiger partial charge in [0.1, 0.15) is 0 Å². The van der Waals surface area contributed by atoms with E-state index >= 15 is 0 Å². The van der Waals surface area contributed by atoms with Crippen LogP contribution in [0.25, 0.3) is 5.65 Å². The fourth-order valence-electron chi connectivity index (χ4n) is 4.75. The second kappa shape index (κ2) is 10.1. The second-order valence-electron chi connectivity index (χ2n) is 15.1. The molecule has 0 saturated heterocycles. The average Bonchev–Trinajstić information content (AvgIpc) is 2.97. The minimum absolute atomic E-state index is 0. The molecule has 2 atom stereocenters. The smallest absolute Gasteiger partial charge is 0.0559 e. The monoisotopic (exact) mass is 543 g/mol. The van der Waals surface area contributed by atoms with Gasteiger partial charge in [-0.1, -0.05) is 88.5 Å². The Kier molecular flexibility index (Phi) is 9.39. The van der Waals surface area contributed by atoms with E-state index in [0.717, 1.165) is 17.2 Å². The van der Waals surface area contributed by atoms with Crippen molar-refractivity contribution in [2.45, 2.75) is 121 Å². The molecule has 34 heavy (non-hydrogen) atoms. The van der Waals surface area contributed by atoms with Crippen molar-refractivity contribution in [3.63, 3.8) is 0 Å². The van der Waals surface area contributed by atoms with E-state index in [1.54, 1.807) is 0 Å². The van der Waals surface area contributed by atoms with Gasteiger partial charge in [0.05, 0.1) is 5.82 Å². The molecule has 0 aliphatic rings. The van der Waals surface area contributed by atoms with Gasteiger partial charge in [0.2, 0.25) is 0 Å². The SMILES string of the molecule is CC(C)(C)[CH-]C(C(N(c1[c-]cc2ncc(C(C)(C)C)n2n1)C(C)(C)C)C(C)(C)C)C(C)(C)C.[Y]. The molecule has 0 saturated carbocycles. The fraction of sp³-hybridized carbons (Fsp3) is 0.759. The number of hydrogen-bond donors (Lipinski definition) is 0. The van der Waals surface area contributed by atoms with Crippen LogP contribution in [0.4, 0.5) is 5.82 Å². The maximum atomic E-state index is 5.17. The van der Waals surface area contributed by atoms with E-state index in [1.165, 1.54) is 0 Å². The van der Waals surface area contributed by atoms with E-state index in [9.17, 15) is 0 Å². The molecular formula is C29H50N4Y-2. The topological polar surface area (TPSA) is 33.4 Å². The normalized spacial score (nSPS) is 15.7. The molecule has 0 N–H and O–H groups in total. The zero-order valence-electron chi connectivity index (χ0n) is 24.8. The van der Waals surface area contributed by atoms with E-state index < -0.39 is 0 Å². The van der Waals surface area contributed by atoms with Crippen molar-refractivity contribution < 1.29 is 32.7 Å². The molecule has 2 aromatic rings. The summed E-state index contributed by atoms with van der Waals surface area (Å²) in [4.78, 5) is 7.13. The zero-order valence-corrected chi connectivity index (χ0v) is 27.6. The van der Waals surface area contributed by atoms with Crippen LogP contribution in [0, 0.1) is 34.7 Å². The van der Waals surface area contributed by atoms with Crippen LogP contribution in [-0.2, 0) is 38.1 Å². The Morgan fingerprint density at radius 3 is 1.76 bits per heavy atom. The molecule has 0 amide bonds. The standard InChI is InChI=1S/C29H50N4.Y/c1-25(2,3)18-20(26(4,5)6)24(28(10,11)12)32(29(13,14)15)23-17-16-22-30-19-21(27(7,8)9)33(22)31-23;/h16,18-20,24H,1-15H3;/q-2;. The molecule has 2 unspecified atom stereocenters. The quantitative estimate of drug-likeness (QED) is 0.370. The Labute approximate surface area is 235 Å². The fourth-order valence-corrected chi connectivity index (χ4v) is 4.75. The molecule has 0 aliphatic heterocycles. The Morgan fingerprint density at radius 1 is 0.853 bits per heavy atom. The molecule has 0 aromatic carbocycles. The summed E-state index contributed by atoms with van der Waals surface area (Å²) in [6.45, 7) is 34.6. The molecule has 1 radical (unpaired) electrons. The molecule has 4 nitrogen and oxygen atoms in total. The van der Waals surface area contributed by atoms with Gasteiger partial charge in [-0.3, -0.25) is 4.52 Å². The van der Waals surface area contributed by atoms with Crippen molar-refractivity contribution in [2.75, 3.05) is 4.90 Å². The largest absolute Gasteiger partial charge is 0.365 e. The predicted molar refractivity (Wildman–Crippen MR) is 143 cm³/mol. The molecule has 0 fully saturated rings. The number of anilines is 1. The average molecular weight is 544 g/mol. The first kappa shape index (κ1) is 31.6. The third-order valence-corrected chi connectivity index (χ3v) is 6.19. The minimum atomic E-state index is -0.146. The van der Waals surface area contributed by atoms with Crippen molar-refractivity contribution >= 4 is 11.5 Å². The molecule has 191 valence electrons. The van der Waals surface area contributed by atoms with Gasteiger partial charge in [0, 0.05) is 67.2 Å². The number of hydrogen-bond acceptors (Lipinski definition) is 3. The van der Waals surface area contributed by atoms with Crippen LogP contribution < -0.4 is 4.90 Å². The summed E-state index contributed by atoms with van der Waals surface area (Å²) in [6, 6.07) is 5.74. The van der Waals surface area contributed by atoms with E-state index in [0.29, 0.717) is 5.92 Å². The van der Waals surface area contributed by atoms with Crippen LogP contribution >= 0.6 is 0 Å². The van der Waals surface area contributed by atoms with Gasteiger partial charge in [-0.2, -0.15) is 22.6 Å². The Bertz CT molecular complexity index is 940. The third kappa shape index (κ3) is 7.51. The number of rotatable bonds is 4. The Morgan fingerprint density at radius 2 is 1.38 bits per heavy atom. The molecular weight excluding hydrogens is 493 g/mol. The third-order valence-electron chi connectivity index (χ3n) is 6.19. The first-order chi connectivity index (χ1) is 14.5. The maximum Gasteiger partial charge on any atom is 0.0559 e. The Hall–Kier alpha value is -0.476. The molecule has 0 aliphatic carbocycles. The predicted octanol–water partition coefficient (Wildman–Crippen LogP) is 7.76. The van der Waals surface area contributed by atoms with E-state index in [1.807, 2.05) is 16.8 Å². The van der Waals surface area contributed by atoms with Crippen LogP contribution in [0.3, 0.4) is 0 Å². The first-order valence-electron chi connectivity index (χ1n) is 12.5.